The van der Waals surface area contributed by atoms with Crippen LogP contribution in [-0.4, -0.2) is 14.3 Å². The maximum Gasteiger partial charge on any atom is 0.409 e. The highest BCUT2D eigenvalue weighted by Crippen LogP contribution is 1.88. The molecule has 0 aliphatic carbocycles. The predicted octanol–water partition coefficient (Wildman–Crippen LogP) is 0.0836. The second-order valence-electron chi connectivity index (χ2n) is 1.69. The molecule has 0 rings (SSSR count). The van der Waals surface area contributed by atoms with Gasteiger partial charge in [-0.1, -0.05) is 12.7 Å². The molecule has 6 heteroatoms. The van der Waals surface area contributed by atoms with E-state index in [1.54, 1.807) is 11.6 Å². The molecular formula is C6H9NO4S. The first-order chi connectivity index (χ1) is 5.52. The molecular weight excluding hydrogens is 182 g/mol. The van der Waals surface area contributed by atoms with Gasteiger partial charge in [-0.2, -0.15) is 8.42 Å². The Labute approximate surface area is 71.0 Å². The fourth-order valence-corrected chi connectivity index (χ4v) is 0.953. The molecule has 0 unspecified atom stereocenters. The molecule has 12 heavy (non-hydrogen) atoms. The van der Waals surface area contributed by atoms with Crippen molar-refractivity contribution in [3.05, 3.63) is 25.0 Å². The number of carbonyl (C=O) groups excluding carboxylic acids is 1. The monoisotopic (exact) mass is 191 g/mol. The standard InChI is InChI=1S/C6H9NO4S/c1-3-5-11-12(9,10)7-6(8)4-2/h3-5H,2H2,1H3,(H,7,8). The largest absolute Gasteiger partial charge is 0.409 e. The first-order valence-electron chi connectivity index (χ1n) is 3.00. The van der Waals surface area contributed by atoms with E-state index in [0.717, 1.165) is 12.3 Å². The Kier molecular flexibility index (Phi) is 4.06. The molecule has 0 atom stereocenters. The van der Waals surface area contributed by atoms with Gasteiger partial charge in [0.1, 0.15) is 6.26 Å². The van der Waals surface area contributed by atoms with Gasteiger partial charge in [-0.3, -0.25) is 4.79 Å². The van der Waals surface area contributed by atoms with Crippen molar-refractivity contribution in [3.63, 3.8) is 0 Å². The van der Waals surface area contributed by atoms with Crippen molar-refractivity contribution in [2.45, 2.75) is 6.92 Å². The summed E-state index contributed by atoms with van der Waals surface area (Å²) in [5.41, 5.74) is 0. The van der Waals surface area contributed by atoms with Crippen LogP contribution in [0.3, 0.4) is 0 Å². The molecule has 0 aliphatic heterocycles. The van der Waals surface area contributed by atoms with E-state index in [9.17, 15) is 13.2 Å². The molecule has 1 N–H and O–H groups in total. The van der Waals surface area contributed by atoms with Gasteiger partial charge in [0.15, 0.2) is 0 Å². The summed E-state index contributed by atoms with van der Waals surface area (Å²) >= 11 is 0. The highest BCUT2D eigenvalue weighted by atomic mass is 32.2. The van der Waals surface area contributed by atoms with Gasteiger partial charge < -0.3 is 4.18 Å². The fraction of sp³-hybridized carbons (Fsp3) is 0.167. The molecule has 0 saturated heterocycles. The minimum absolute atomic E-state index is 0.830. The van der Waals surface area contributed by atoms with E-state index in [4.69, 9.17) is 0 Å². The lowest BCUT2D eigenvalue weighted by atomic mass is 10.6. The SMILES string of the molecule is C=CC(=O)NS(=O)(=O)OC=CC. The quantitative estimate of drug-likeness (QED) is 0.504. The third-order valence-corrected chi connectivity index (χ3v) is 1.54. The van der Waals surface area contributed by atoms with Gasteiger partial charge in [-0.15, -0.1) is 0 Å². The van der Waals surface area contributed by atoms with Crippen molar-refractivity contribution in [1.82, 2.24) is 4.72 Å². The smallest absolute Gasteiger partial charge is 0.375 e. The highest BCUT2D eigenvalue weighted by Gasteiger charge is 2.10. The molecule has 0 aliphatic rings. The molecule has 0 radical (unpaired) electrons. The van der Waals surface area contributed by atoms with Crippen LogP contribution in [0.1, 0.15) is 6.92 Å². The van der Waals surface area contributed by atoms with Gasteiger partial charge >= 0.3 is 10.3 Å². The van der Waals surface area contributed by atoms with Crippen LogP contribution in [0.15, 0.2) is 25.0 Å². The minimum Gasteiger partial charge on any atom is -0.375 e. The topological polar surface area (TPSA) is 72.5 Å². The summed E-state index contributed by atoms with van der Waals surface area (Å²) in [4.78, 5) is 10.5. The lowest BCUT2D eigenvalue weighted by molar-refractivity contribution is -0.114. The van der Waals surface area contributed by atoms with E-state index in [-0.39, 0.29) is 0 Å². The van der Waals surface area contributed by atoms with Crippen LogP contribution in [0.2, 0.25) is 0 Å². The molecule has 0 aromatic carbocycles. The summed E-state index contributed by atoms with van der Waals surface area (Å²) in [6.45, 7) is 4.65. The van der Waals surface area contributed by atoms with E-state index in [1.165, 1.54) is 6.08 Å². The van der Waals surface area contributed by atoms with Crippen LogP contribution < -0.4 is 4.72 Å². The summed E-state index contributed by atoms with van der Waals surface area (Å²) in [6.07, 6.45) is 3.15. The molecule has 0 heterocycles. The molecule has 0 aromatic heterocycles. The number of amides is 1. The Morgan fingerprint density at radius 3 is 2.58 bits per heavy atom. The Bertz CT molecular complexity index is 291. The van der Waals surface area contributed by atoms with Crippen LogP contribution in [-0.2, 0) is 19.3 Å². The Morgan fingerprint density at radius 2 is 2.17 bits per heavy atom. The average Bonchev–Trinajstić information content (AvgIpc) is 2.00. The maximum absolute atomic E-state index is 10.7. The fourth-order valence-electron chi connectivity index (χ4n) is 0.318. The zero-order valence-electron chi connectivity index (χ0n) is 6.48. The van der Waals surface area contributed by atoms with Crippen molar-refractivity contribution >= 4 is 16.2 Å². The van der Waals surface area contributed by atoms with E-state index < -0.39 is 16.2 Å². The molecule has 5 nitrogen and oxygen atoms in total. The van der Waals surface area contributed by atoms with Crippen LogP contribution in [0.5, 0.6) is 0 Å². The molecule has 0 fully saturated rings. The number of carbonyl (C=O) groups is 1. The number of hydrogen-bond acceptors (Lipinski definition) is 4. The predicted molar refractivity (Wildman–Crippen MR) is 43.2 cm³/mol. The number of hydrogen-bond donors (Lipinski definition) is 1. The van der Waals surface area contributed by atoms with Crippen LogP contribution in [0.25, 0.3) is 0 Å². The van der Waals surface area contributed by atoms with E-state index in [2.05, 4.69) is 10.8 Å². The third-order valence-electron chi connectivity index (χ3n) is 0.729. The van der Waals surface area contributed by atoms with Gasteiger partial charge in [0.2, 0.25) is 0 Å². The first-order valence-corrected chi connectivity index (χ1v) is 4.41. The lowest BCUT2D eigenvalue weighted by Crippen LogP contribution is -2.29. The van der Waals surface area contributed by atoms with Crippen LogP contribution in [0, 0.1) is 0 Å². The van der Waals surface area contributed by atoms with Gasteiger partial charge in [0.05, 0.1) is 0 Å². The van der Waals surface area contributed by atoms with Gasteiger partial charge in [0.25, 0.3) is 5.91 Å². The molecule has 0 aromatic rings. The lowest BCUT2D eigenvalue weighted by Gasteiger charge is -2.00. The summed E-state index contributed by atoms with van der Waals surface area (Å²) in [5, 5.41) is 0. The summed E-state index contributed by atoms with van der Waals surface area (Å²) < 4.78 is 27.2. The van der Waals surface area contributed by atoms with Gasteiger partial charge in [-0.25, -0.2) is 4.72 Å². The second kappa shape index (κ2) is 4.55. The van der Waals surface area contributed by atoms with Crippen molar-refractivity contribution in [1.29, 1.82) is 0 Å². The van der Waals surface area contributed by atoms with Crippen LogP contribution in [0.4, 0.5) is 0 Å². The van der Waals surface area contributed by atoms with Crippen molar-refractivity contribution in [3.8, 4) is 0 Å². The number of nitrogens with one attached hydrogen (secondary N) is 1. The Hall–Kier alpha value is -1.30. The molecule has 0 spiro atoms. The maximum atomic E-state index is 10.7. The second-order valence-corrected chi connectivity index (χ2v) is 3.00. The minimum atomic E-state index is -4.01. The van der Waals surface area contributed by atoms with Crippen molar-refractivity contribution in [2.75, 3.05) is 0 Å². The normalized spacial score (nSPS) is 11.1. The Balaban J connectivity index is 4.24. The van der Waals surface area contributed by atoms with Gasteiger partial charge in [-0.05, 0) is 13.0 Å². The van der Waals surface area contributed by atoms with E-state index in [1.807, 2.05) is 0 Å². The van der Waals surface area contributed by atoms with Crippen molar-refractivity contribution < 1.29 is 17.4 Å². The summed E-state index contributed by atoms with van der Waals surface area (Å²) in [5.74, 6) is -0.834. The number of allylic oxidation sites excluding steroid dienone is 1. The van der Waals surface area contributed by atoms with Crippen molar-refractivity contribution in [2.24, 2.45) is 0 Å². The zero-order valence-corrected chi connectivity index (χ0v) is 7.30. The summed E-state index contributed by atoms with van der Waals surface area (Å²) in [6, 6.07) is 0. The zero-order chi connectivity index (χ0) is 9.61. The van der Waals surface area contributed by atoms with Crippen LogP contribution >= 0.6 is 0 Å². The van der Waals surface area contributed by atoms with E-state index >= 15 is 0 Å². The molecule has 68 valence electrons. The van der Waals surface area contributed by atoms with E-state index in [0.29, 0.717) is 0 Å². The van der Waals surface area contributed by atoms with Gasteiger partial charge in [0, 0.05) is 0 Å². The number of rotatable bonds is 4. The molecule has 1 amide bonds. The molecule has 0 bridgehead atoms. The first kappa shape index (κ1) is 10.7. The molecule has 0 saturated carbocycles. The highest BCUT2D eigenvalue weighted by molar-refractivity contribution is 7.85. The average molecular weight is 191 g/mol. The summed E-state index contributed by atoms with van der Waals surface area (Å²) in [7, 11) is -4.01. The third kappa shape index (κ3) is 4.51. The Morgan fingerprint density at radius 1 is 1.58 bits per heavy atom.